The standard InChI is InChI=1S/C12H15N5O4/c1-7-5-17(12(19)16(2)11(7)18)10-4-8(14-15-13)9(21-10)6-20-3/h4-5,9-10H,6H2,1-3H3/t9-,10-/m1/s1. The van der Waals surface area contributed by atoms with Crippen molar-refractivity contribution in [2.45, 2.75) is 19.3 Å². The summed E-state index contributed by atoms with van der Waals surface area (Å²) in [7, 11) is 2.89. The SMILES string of the molecule is COC[C@H]1O[C@@H](n2cc(C)c(=O)n(C)c2=O)C=C1N=[N+]=[N-]. The molecule has 1 aromatic rings. The summed E-state index contributed by atoms with van der Waals surface area (Å²) < 4.78 is 12.9. The second-order valence-corrected chi connectivity index (χ2v) is 4.62. The predicted octanol–water partition coefficient (Wildman–Crippen LogP) is 0.593. The zero-order valence-corrected chi connectivity index (χ0v) is 11.9. The number of azide groups is 1. The van der Waals surface area contributed by atoms with Crippen LogP contribution in [-0.4, -0.2) is 29.0 Å². The fourth-order valence-electron chi connectivity index (χ4n) is 2.13. The summed E-state index contributed by atoms with van der Waals surface area (Å²) in [4.78, 5) is 26.6. The van der Waals surface area contributed by atoms with Gasteiger partial charge in [-0.25, -0.2) is 4.79 Å². The Morgan fingerprint density at radius 3 is 2.86 bits per heavy atom. The third-order valence-electron chi connectivity index (χ3n) is 3.18. The van der Waals surface area contributed by atoms with E-state index in [4.69, 9.17) is 15.0 Å². The summed E-state index contributed by atoms with van der Waals surface area (Å²) >= 11 is 0. The Hall–Kier alpha value is -2.35. The van der Waals surface area contributed by atoms with Crippen LogP contribution in [0.2, 0.25) is 0 Å². The minimum Gasteiger partial charge on any atom is -0.382 e. The van der Waals surface area contributed by atoms with Gasteiger partial charge in [-0.15, -0.1) is 0 Å². The fraction of sp³-hybridized carbons (Fsp3) is 0.500. The van der Waals surface area contributed by atoms with Gasteiger partial charge in [-0.2, -0.15) is 0 Å². The Labute approximate surface area is 119 Å². The average Bonchev–Trinajstić information content (AvgIpc) is 2.84. The lowest BCUT2D eigenvalue weighted by Gasteiger charge is -2.17. The predicted molar refractivity (Wildman–Crippen MR) is 73.7 cm³/mol. The second kappa shape index (κ2) is 5.96. The quantitative estimate of drug-likeness (QED) is 0.459. The Morgan fingerprint density at radius 2 is 2.24 bits per heavy atom. The maximum atomic E-state index is 12.1. The molecule has 1 aromatic heterocycles. The van der Waals surface area contributed by atoms with Crippen molar-refractivity contribution in [2.24, 2.45) is 12.2 Å². The van der Waals surface area contributed by atoms with Crippen LogP contribution in [0, 0.1) is 6.92 Å². The minimum atomic E-state index is -0.747. The molecule has 1 aliphatic heterocycles. The van der Waals surface area contributed by atoms with Crippen LogP contribution < -0.4 is 11.2 Å². The Morgan fingerprint density at radius 1 is 1.52 bits per heavy atom. The third-order valence-corrected chi connectivity index (χ3v) is 3.18. The summed E-state index contributed by atoms with van der Waals surface area (Å²) in [6.07, 6.45) is 1.66. The van der Waals surface area contributed by atoms with E-state index in [0.29, 0.717) is 11.3 Å². The monoisotopic (exact) mass is 293 g/mol. The van der Waals surface area contributed by atoms with Gasteiger partial charge in [0.1, 0.15) is 6.10 Å². The van der Waals surface area contributed by atoms with Gasteiger partial charge < -0.3 is 9.47 Å². The maximum absolute atomic E-state index is 12.1. The summed E-state index contributed by atoms with van der Waals surface area (Å²) in [5, 5.41) is 3.54. The summed E-state index contributed by atoms with van der Waals surface area (Å²) in [6, 6.07) is 0. The van der Waals surface area contributed by atoms with Crippen LogP contribution in [-0.2, 0) is 16.5 Å². The molecule has 0 aromatic carbocycles. The van der Waals surface area contributed by atoms with Crippen LogP contribution in [0.1, 0.15) is 11.8 Å². The van der Waals surface area contributed by atoms with Crippen LogP contribution in [0.3, 0.4) is 0 Å². The van der Waals surface area contributed by atoms with Crippen molar-refractivity contribution in [3.8, 4) is 0 Å². The maximum Gasteiger partial charge on any atom is 0.333 e. The molecule has 0 aliphatic carbocycles. The summed E-state index contributed by atoms with van der Waals surface area (Å²) in [5.74, 6) is 0. The van der Waals surface area contributed by atoms with Gasteiger partial charge >= 0.3 is 5.69 Å². The molecule has 9 heteroatoms. The molecule has 0 bridgehead atoms. The molecule has 2 rings (SSSR count). The lowest BCUT2D eigenvalue weighted by atomic mass is 10.3. The van der Waals surface area contributed by atoms with Crippen LogP contribution in [0.15, 0.2) is 32.7 Å². The first-order chi connectivity index (χ1) is 9.99. The van der Waals surface area contributed by atoms with E-state index in [2.05, 4.69) is 10.0 Å². The summed E-state index contributed by atoms with van der Waals surface area (Å²) in [6.45, 7) is 1.80. The van der Waals surface area contributed by atoms with Crippen molar-refractivity contribution >= 4 is 0 Å². The zero-order valence-electron chi connectivity index (χ0n) is 11.9. The molecule has 0 N–H and O–H groups in total. The zero-order chi connectivity index (χ0) is 15.6. The van der Waals surface area contributed by atoms with E-state index >= 15 is 0 Å². The molecule has 9 nitrogen and oxygen atoms in total. The highest BCUT2D eigenvalue weighted by Gasteiger charge is 2.28. The van der Waals surface area contributed by atoms with Gasteiger partial charge in [-0.1, -0.05) is 5.11 Å². The van der Waals surface area contributed by atoms with Gasteiger partial charge in [-0.3, -0.25) is 13.9 Å². The van der Waals surface area contributed by atoms with Crippen molar-refractivity contribution in [3.63, 3.8) is 0 Å². The van der Waals surface area contributed by atoms with Crippen LogP contribution in [0.4, 0.5) is 0 Å². The van der Waals surface area contributed by atoms with Gasteiger partial charge in [0, 0.05) is 36.5 Å². The molecule has 0 radical (unpaired) electrons. The first kappa shape index (κ1) is 15.0. The van der Waals surface area contributed by atoms with Crippen LogP contribution in [0.25, 0.3) is 10.4 Å². The fourth-order valence-corrected chi connectivity index (χ4v) is 2.13. The molecular formula is C12H15N5O4. The Balaban J connectivity index is 2.47. The smallest absolute Gasteiger partial charge is 0.333 e. The van der Waals surface area contributed by atoms with Gasteiger partial charge in [0.05, 0.1) is 6.61 Å². The number of rotatable bonds is 4. The second-order valence-electron chi connectivity index (χ2n) is 4.62. The molecule has 1 aliphatic rings. The highest BCUT2D eigenvalue weighted by atomic mass is 16.5. The lowest BCUT2D eigenvalue weighted by Crippen LogP contribution is -2.40. The number of methoxy groups -OCH3 is 1. The van der Waals surface area contributed by atoms with E-state index in [-0.39, 0.29) is 12.2 Å². The molecule has 112 valence electrons. The average molecular weight is 293 g/mol. The topological polar surface area (TPSA) is 111 Å². The lowest BCUT2D eigenvalue weighted by molar-refractivity contribution is -0.0245. The summed E-state index contributed by atoms with van der Waals surface area (Å²) in [5.41, 5.74) is 8.45. The van der Waals surface area contributed by atoms with Gasteiger partial charge in [0.15, 0.2) is 6.23 Å². The molecule has 0 unspecified atom stereocenters. The number of hydrogen-bond donors (Lipinski definition) is 0. The van der Waals surface area contributed by atoms with E-state index in [1.807, 2.05) is 0 Å². The highest BCUT2D eigenvalue weighted by molar-refractivity contribution is 5.15. The van der Waals surface area contributed by atoms with Crippen LogP contribution >= 0.6 is 0 Å². The van der Waals surface area contributed by atoms with Gasteiger partial charge in [0.25, 0.3) is 5.56 Å². The molecule has 2 atom stereocenters. The largest absolute Gasteiger partial charge is 0.382 e. The van der Waals surface area contributed by atoms with Crippen molar-refractivity contribution in [2.75, 3.05) is 13.7 Å². The number of aromatic nitrogens is 2. The molecule has 0 amide bonds. The van der Waals surface area contributed by atoms with Crippen LogP contribution in [0.5, 0.6) is 0 Å². The van der Waals surface area contributed by atoms with Crippen molar-refractivity contribution in [1.82, 2.24) is 9.13 Å². The molecule has 0 spiro atoms. The first-order valence-electron chi connectivity index (χ1n) is 6.19. The molecule has 0 saturated heterocycles. The van der Waals surface area contributed by atoms with E-state index in [1.165, 1.54) is 31.0 Å². The highest BCUT2D eigenvalue weighted by Crippen LogP contribution is 2.27. The molecule has 2 heterocycles. The van der Waals surface area contributed by atoms with E-state index < -0.39 is 18.0 Å². The van der Waals surface area contributed by atoms with Crippen molar-refractivity contribution < 1.29 is 9.47 Å². The van der Waals surface area contributed by atoms with Crippen molar-refractivity contribution in [3.05, 3.63) is 54.8 Å². The first-order valence-corrected chi connectivity index (χ1v) is 6.19. The van der Waals surface area contributed by atoms with Crippen molar-refractivity contribution in [1.29, 1.82) is 0 Å². The Kier molecular flexibility index (Phi) is 4.27. The number of ether oxygens (including phenoxy) is 2. The molecular weight excluding hydrogens is 278 g/mol. The normalized spacial score (nSPS) is 21.0. The molecule has 0 saturated carbocycles. The number of aryl methyl sites for hydroxylation is 1. The number of nitrogens with zero attached hydrogens (tertiary/aromatic N) is 5. The third kappa shape index (κ3) is 2.75. The van der Waals surface area contributed by atoms with Gasteiger partial charge in [-0.05, 0) is 18.5 Å². The minimum absolute atomic E-state index is 0.195. The molecule has 21 heavy (non-hydrogen) atoms. The van der Waals surface area contributed by atoms with E-state index in [0.717, 1.165) is 4.57 Å². The van der Waals surface area contributed by atoms with E-state index in [9.17, 15) is 9.59 Å². The van der Waals surface area contributed by atoms with Gasteiger partial charge in [0.2, 0.25) is 0 Å². The number of hydrogen-bond acceptors (Lipinski definition) is 5. The Bertz CT molecular complexity index is 741. The molecule has 0 fully saturated rings. The van der Waals surface area contributed by atoms with E-state index in [1.54, 1.807) is 6.92 Å².